The highest BCUT2D eigenvalue weighted by Gasteiger charge is 2.32. The number of H-pyrrole nitrogens is 1. The molecule has 0 aromatic carbocycles. The Bertz CT molecular complexity index is 869. The van der Waals surface area contributed by atoms with Crippen LogP contribution < -0.4 is 10.2 Å². The first kappa shape index (κ1) is 19.0. The lowest BCUT2D eigenvalue weighted by Crippen LogP contribution is -2.46. The van der Waals surface area contributed by atoms with Crippen LogP contribution in [0.15, 0.2) is 0 Å². The number of carbonyl (C=O) groups excluding carboxylic acids is 1. The molecule has 0 spiro atoms. The molecule has 1 amide bonds. The van der Waals surface area contributed by atoms with Crippen molar-refractivity contribution in [1.29, 1.82) is 0 Å². The van der Waals surface area contributed by atoms with Crippen LogP contribution in [-0.2, 0) is 9.53 Å². The van der Waals surface area contributed by atoms with Gasteiger partial charge >= 0.3 is 0 Å². The van der Waals surface area contributed by atoms with E-state index in [1.165, 1.54) is 5.56 Å². The quantitative estimate of drug-likeness (QED) is 0.765. The fourth-order valence-corrected chi connectivity index (χ4v) is 4.07. The van der Waals surface area contributed by atoms with Crippen molar-refractivity contribution in [2.24, 2.45) is 5.41 Å². The second-order valence-corrected chi connectivity index (χ2v) is 8.78. The summed E-state index contributed by atoms with van der Waals surface area (Å²) in [7, 11) is 0. The Morgan fingerprint density at radius 2 is 2.00 bits per heavy atom. The van der Waals surface area contributed by atoms with E-state index in [1.807, 2.05) is 0 Å². The summed E-state index contributed by atoms with van der Waals surface area (Å²) in [5, 5.41) is 4.58. The largest absolute Gasteiger partial charge is 0.376 e. The topological polar surface area (TPSA) is 86.4 Å². The van der Waals surface area contributed by atoms with Crippen LogP contribution in [0.2, 0.25) is 0 Å². The van der Waals surface area contributed by atoms with Gasteiger partial charge in [-0.15, -0.1) is 0 Å². The minimum atomic E-state index is 0.194. The van der Waals surface area contributed by atoms with E-state index in [2.05, 4.69) is 42.9 Å². The van der Waals surface area contributed by atoms with Crippen LogP contribution >= 0.6 is 0 Å². The Morgan fingerprint density at radius 3 is 2.64 bits per heavy atom. The molecule has 0 radical (unpaired) electrons. The standard InChI is InChI=1S/C20H30N6O2/c1-13-14(2)22-18-16(13)17(21-10-15-9-20(3,4)11-28-15)23-19(24-18)26-7-5-25(12-27)6-8-26/h12,15H,5-11H2,1-4H3,(H2,21,22,23,24). The van der Waals surface area contributed by atoms with E-state index in [-0.39, 0.29) is 11.5 Å². The molecule has 1 atom stereocenters. The number of rotatable bonds is 5. The third-order valence-electron chi connectivity index (χ3n) is 5.87. The van der Waals surface area contributed by atoms with Crippen molar-refractivity contribution < 1.29 is 9.53 Å². The molecule has 2 aliphatic heterocycles. The molecule has 2 fully saturated rings. The molecule has 8 nitrogen and oxygen atoms in total. The fourth-order valence-electron chi connectivity index (χ4n) is 4.07. The van der Waals surface area contributed by atoms with Gasteiger partial charge in [0.15, 0.2) is 0 Å². The molecule has 4 heterocycles. The van der Waals surface area contributed by atoms with Crippen molar-refractivity contribution in [1.82, 2.24) is 19.9 Å². The van der Waals surface area contributed by atoms with Gasteiger partial charge in [-0.3, -0.25) is 4.79 Å². The lowest BCUT2D eigenvalue weighted by Gasteiger charge is -2.32. The Kier molecular flexibility index (Phi) is 4.91. The average Bonchev–Trinajstić information content (AvgIpc) is 3.18. The van der Waals surface area contributed by atoms with E-state index in [0.717, 1.165) is 61.6 Å². The molecule has 152 valence electrons. The molecule has 2 aromatic heterocycles. The molecule has 2 saturated heterocycles. The van der Waals surface area contributed by atoms with Gasteiger partial charge in [-0.05, 0) is 31.2 Å². The van der Waals surface area contributed by atoms with Crippen molar-refractivity contribution >= 4 is 29.2 Å². The Hall–Kier alpha value is -2.35. The van der Waals surface area contributed by atoms with Crippen molar-refractivity contribution in [3.8, 4) is 0 Å². The van der Waals surface area contributed by atoms with Crippen molar-refractivity contribution in [3.63, 3.8) is 0 Å². The summed E-state index contributed by atoms with van der Waals surface area (Å²) in [6, 6.07) is 0. The van der Waals surface area contributed by atoms with Crippen LogP contribution in [0, 0.1) is 19.3 Å². The number of hydrogen-bond donors (Lipinski definition) is 2. The molecule has 2 N–H and O–H groups in total. The minimum Gasteiger partial charge on any atom is -0.376 e. The van der Waals surface area contributed by atoms with E-state index < -0.39 is 0 Å². The number of piperazine rings is 1. The number of nitrogens with zero attached hydrogens (tertiary/aromatic N) is 4. The maximum Gasteiger partial charge on any atom is 0.229 e. The third kappa shape index (κ3) is 3.65. The summed E-state index contributed by atoms with van der Waals surface area (Å²) < 4.78 is 5.95. The number of ether oxygens (including phenoxy) is 1. The third-order valence-corrected chi connectivity index (χ3v) is 5.87. The van der Waals surface area contributed by atoms with E-state index in [1.54, 1.807) is 4.90 Å². The summed E-state index contributed by atoms with van der Waals surface area (Å²) in [6.07, 6.45) is 2.15. The van der Waals surface area contributed by atoms with E-state index >= 15 is 0 Å². The monoisotopic (exact) mass is 386 g/mol. The summed E-state index contributed by atoms with van der Waals surface area (Å²) in [5.41, 5.74) is 3.36. The summed E-state index contributed by atoms with van der Waals surface area (Å²) in [4.78, 5) is 27.9. The first-order valence-corrected chi connectivity index (χ1v) is 10.0. The molecule has 1 unspecified atom stereocenters. The van der Waals surface area contributed by atoms with Gasteiger partial charge in [0.25, 0.3) is 0 Å². The highest BCUT2D eigenvalue weighted by atomic mass is 16.5. The van der Waals surface area contributed by atoms with Crippen LogP contribution in [0.5, 0.6) is 0 Å². The average molecular weight is 387 g/mol. The fraction of sp³-hybridized carbons (Fsp3) is 0.650. The van der Waals surface area contributed by atoms with Gasteiger partial charge in [0, 0.05) is 38.4 Å². The zero-order valence-corrected chi connectivity index (χ0v) is 17.2. The number of aromatic nitrogens is 3. The SMILES string of the molecule is Cc1[nH]c2nc(N3CCN(C=O)CC3)nc(NCC3CC(C)(C)CO3)c2c1C. The molecular weight excluding hydrogens is 356 g/mol. The Balaban J connectivity index is 1.59. The molecule has 0 saturated carbocycles. The number of aromatic amines is 1. The zero-order valence-electron chi connectivity index (χ0n) is 17.2. The van der Waals surface area contributed by atoms with Crippen LogP contribution in [-0.4, -0.2) is 71.7 Å². The number of fused-ring (bicyclic) bond motifs is 1. The van der Waals surface area contributed by atoms with Crippen LogP contribution in [0.3, 0.4) is 0 Å². The predicted molar refractivity (Wildman–Crippen MR) is 110 cm³/mol. The van der Waals surface area contributed by atoms with Gasteiger partial charge < -0.3 is 24.8 Å². The number of nitrogens with one attached hydrogen (secondary N) is 2. The molecule has 28 heavy (non-hydrogen) atoms. The molecule has 4 rings (SSSR count). The summed E-state index contributed by atoms with van der Waals surface area (Å²) in [6.45, 7) is 13.0. The van der Waals surface area contributed by atoms with Crippen LogP contribution in [0.1, 0.15) is 31.5 Å². The Morgan fingerprint density at radius 1 is 1.25 bits per heavy atom. The number of hydrogen-bond acceptors (Lipinski definition) is 6. The van der Waals surface area contributed by atoms with Gasteiger partial charge in [-0.25, -0.2) is 0 Å². The smallest absolute Gasteiger partial charge is 0.229 e. The molecule has 0 aliphatic carbocycles. The molecule has 2 aliphatic rings. The maximum absolute atomic E-state index is 11.0. The van der Waals surface area contributed by atoms with E-state index in [4.69, 9.17) is 14.7 Å². The number of amides is 1. The first-order valence-electron chi connectivity index (χ1n) is 10.0. The lowest BCUT2D eigenvalue weighted by molar-refractivity contribution is -0.118. The highest BCUT2D eigenvalue weighted by molar-refractivity contribution is 5.92. The number of anilines is 2. The van der Waals surface area contributed by atoms with Gasteiger partial charge in [0.2, 0.25) is 12.4 Å². The maximum atomic E-state index is 11.0. The highest BCUT2D eigenvalue weighted by Crippen LogP contribution is 2.33. The molecule has 0 bridgehead atoms. The summed E-state index contributed by atoms with van der Waals surface area (Å²) in [5.74, 6) is 1.56. The van der Waals surface area contributed by atoms with Gasteiger partial charge in [-0.2, -0.15) is 9.97 Å². The van der Waals surface area contributed by atoms with Crippen LogP contribution in [0.4, 0.5) is 11.8 Å². The van der Waals surface area contributed by atoms with Crippen LogP contribution in [0.25, 0.3) is 11.0 Å². The van der Waals surface area contributed by atoms with Gasteiger partial charge in [0.05, 0.1) is 18.1 Å². The Labute approximate surface area is 165 Å². The molecular formula is C20H30N6O2. The minimum absolute atomic E-state index is 0.194. The molecule has 8 heteroatoms. The normalized spacial score (nSPS) is 22.1. The zero-order chi connectivity index (χ0) is 19.9. The van der Waals surface area contributed by atoms with Crippen molar-refractivity contribution in [3.05, 3.63) is 11.3 Å². The lowest BCUT2D eigenvalue weighted by atomic mass is 9.91. The van der Waals surface area contributed by atoms with E-state index in [0.29, 0.717) is 19.0 Å². The second kappa shape index (κ2) is 7.24. The molecule has 2 aromatic rings. The van der Waals surface area contributed by atoms with Crippen molar-refractivity contribution in [2.45, 2.75) is 40.2 Å². The number of aryl methyl sites for hydroxylation is 2. The number of carbonyl (C=O) groups is 1. The van der Waals surface area contributed by atoms with Gasteiger partial charge in [0.1, 0.15) is 11.5 Å². The second-order valence-electron chi connectivity index (χ2n) is 8.78. The first-order chi connectivity index (χ1) is 13.4. The summed E-state index contributed by atoms with van der Waals surface area (Å²) >= 11 is 0. The predicted octanol–water partition coefficient (Wildman–Crippen LogP) is 2.08. The van der Waals surface area contributed by atoms with Gasteiger partial charge in [-0.1, -0.05) is 13.8 Å². The van der Waals surface area contributed by atoms with E-state index in [9.17, 15) is 4.79 Å². The van der Waals surface area contributed by atoms with Crippen molar-refractivity contribution in [2.75, 3.05) is 49.5 Å².